The molecule has 0 amide bonds. The lowest BCUT2D eigenvalue weighted by molar-refractivity contribution is 0.0695. The molecular weight excluding hydrogens is 266 g/mol. The van der Waals surface area contributed by atoms with Gasteiger partial charge in [0.25, 0.3) is 0 Å². The second kappa shape index (κ2) is 5.69. The SMILES string of the molecule is CCc1cccc(Oc2c(F)cc(C(=O)O)cc2F)c1. The lowest BCUT2D eigenvalue weighted by Crippen LogP contribution is -2.01. The van der Waals surface area contributed by atoms with E-state index >= 15 is 0 Å². The van der Waals surface area contributed by atoms with E-state index in [1.54, 1.807) is 18.2 Å². The summed E-state index contributed by atoms with van der Waals surface area (Å²) in [6.07, 6.45) is 0.764. The van der Waals surface area contributed by atoms with Crippen LogP contribution >= 0.6 is 0 Å². The van der Waals surface area contributed by atoms with Gasteiger partial charge in [-0.25, -0.2) is 13.6 Å². The fourth-order valence-corrected chi connectivity index (χ4v) is 1.73. The van der Waals surface area contributed by atoms with Crippen LogP contribution in [-0.2, 0) is 6.42 Å². The summed E-state index contributed by atoms with van der Waals surface area (Å²) in [5.41, 5.74) is 0.500. The molecule has 104 valence electrons. The first-order valence-electron chi connectivity index (χ1n) is 6.00. The average Bonchev–Trinajstić information content (AvgIpc) is 2.42. The molecule has 3 nitrogen and oxygen atoms in total. The third kappa shape index (κ3) is 2.93. The maximum Gasteiger partial charge on any atom is 0.335 e. The highest BCUT2D eigenvalue weighted by molar-refractivity contribution is 5.87. The Bertz CT molecular complexity index is 630. The minimum absolute atomic E-state index is 0.297. The molecule has 2 aromatic rings. The lowest BCUT2D eigenvalue weighted by Gasteiger charge is -2.09. The third-order valence-electron chi connectivity index (χ3n) is 2.77. The molecule has 2 aromatic carbocycles. The van der Waals surface area contributed by atoms with E-state index in [1.807, 2.05) is 13.0 Å². The molecule has 0 aromatic heterocycles. The largest absolute Gasteiger partial charge is 0.478 e. The van der Waals surface area contributed by atoms with Crippen molar-refractivity contribution in [1.82, 2.24) is 0 Å². The van der Waals surface area contributed by atoms with Crippen molar-refractivity contribution >= 4 is 5.97 Å². The van der Waals surface area contributed by atoms with Crippen LogP contribution in [0.5, 0.6) is 11.5 Å². The van der Waals surface area contributed by atoms with E-state index in [4.69, 9.17) is 9.84 Å². The molecule has 0 saturated carbocycles. The molecule has 0 radical (unpaired) electrons. The highest BCUT2D eigenvalue weighted by Crippen LogP contribution is 2.29. The van der Waals surface area contributed by atoms with Gasteiger partial charge in [-0.3, -0.25) is 0 Å². The summed E-state index contributed by atoms with van der Waals surface area (Å²) >= 11 is 0. The molecular formula is C15H12F2O3. The van der Waals surface area contributed by atoms with Gasteiger partial charge in [0, 0.05) is 0 Å². The Morgan fingerprint density at radius 2 is 1.85 bits per heavy atom. The molecule has 0 heterocycles. The predicted octanol–water partition coefficient (Wildman–Crippen LogP) is 4.02. The van der Waals surface area contributed by atoms with Crippen LogP contribution in [0.25, 0.3) is 0 Å². The molecule has 1 N–H and O–H groups in total. The summed E-state index contributed by atoms with van der Waals surface area (Å²) in [4.78, 5) is 10.7. The molecule has 2 rings (SSSR count). The molecule has 0 atom stereocenters. The van der Waals surface area contributed by atoms with Crippen molar-refractivity contribution in [3.63, 3.8) is 0 Å². The summed E-state index contributed by atoms with van der Waals surface area (Å²) < 4.78 is 32.6. The zero-order valence-corrected chi connectivity index (χ0v) is 10.7. The number of halogens is 2. The summed E-state index contributed by atoms with van der Waals surface area (Å²) in [5.74, 6) is -3.82. The fraction of sp³-hybridized carbons (Fsp3) is 0.133. The van der Waals surface area contributed by atoms with Crippen LogP contribution in [0.3, 0.4) is 0 Å². The Morgan fingerprint density at radius 3 is 2.40 bits per heavy atom. The van der Waals surface area contributed by atoms with E-state index in [0.717, 1.165) is 24.1 Å². The van der Waals surface area contributed by atoms with Gasteiger partial charge in [-0.05, 0) is 36.2 Å². The van der Waals surface area contributed by atoms with Gasteiger partial charge in [-0.15, -0.1) is 0 Å². The van der Waals surface area contributed by atoms with Gasteiger partial charge in [0.2, 0.25) is 0 Å². The maximum atomic E-state index is 13.7. The van der Waals surface area contributed by atoms with E-state index in [1.165, 1.54) is 0 Å². The number of rotatable bonds is 4. The Kier molecular flexibility index (Phi) is 3.98. The van der Waals surface area contributed by atoms with Crippen molar-refractivity contribution in [3.05, 3.63) is 59.2 Å². The van der Waals surface area contributed by atoms with Gasteiger partial charge in [0.05, 0.1) is 5.56 Å². The van der Waals surface area contributed by atoms with Gasteiger partial charge in [-0.1, -0.05) is 19.1 Å². The number of aromatic carboxylic acids is 1. The van der Waals surface area contributed by atoms with Crippen LogP contribution < -0.4 is 4.74 Å². The van der Waals surface area contributed by atoms with Crippen LogP contribution in [-0.4, -0.2) is 11.1 Å². The highest BCUT2D eigenvalue weighted by Gasteiger charge is 2.16. The minimum atomic E-state index is -1.40. The number of hydrogen-bond acceptors (Lipinski definition) is 2. The van der Waals surface area contributed by atoms with Crippen LogP contribution in [0, 0.1) is 11.6 Å². The Labute approximate surface area is 114 Å². The molecule has 0 aliphatic heterocycles. The Balaban J connectivity index is 2.36. The van der Waals surface area contributed by atoms with Gasteiger partial charge in [0.15, 0.2) is 17.4 Å². The van der Waals surface area contributed by atoms with Crippen LogP contribution in [0.2, 0.25) is 0 Å². The smallest absolute Gasteiger partial charge is 0.335 e. The minimum Gasteiger partial charge on any atom is -0.478 e. The third-order valence-corrected chi connectivity index (χ3v) is 2.77. The fourth-order valence-electron chi connectivity index (χ4n) is 1.73. The maximum absolute atomic E-state index is 13.7. The van der Waals surface area contributed by atoms with Crippen molar-refractivity contribution in [2.45, 2.75) is 13.3 Å². The van der Waals surface area contributed by atoms with Gasteiger partial charge in [-0.2, -0.15) is 0 Å². The molecule has 0 fully saturated rings. The molecule has 0 aliphatic carbocycles. The van der Waals surface area contributed by atoms with Crippen molar-refractivity contribution in [2.24, 2.45) is 0 Å². The van der Waals surface area contributed by atoms with Crippen LogP contribution in [0.15, 0.2) is 36.4 Å². The van der Waals surface area contributed by atoms with Crippen molar-refractivity contribution in [1.29, 1.82) is 0 Å². The molecule has 0 spiro atoms. The first kappa shape index (κ1) is 14.0. The Hall–Kier alpha value is -2.43. The monoisotopic (exact) mass is 278 g/mol. The zero-order chi connectivity index (χ0) is 14.7. The van der Waals surface area contributed by atoms with E-state index in [0.29, 0.717) is 5.75 Å². The van der Waals surface area contributed by atoms with Crippen molar-refractivity contribution in [3.8, 4) is 11.5 Å². The number of carboxylic acid groups (broad SMARTS) is 1. The van der Waals surface area contributed by atoms with Crippen molar-refractivity contribution in [2.75, 3.05) is 0 Å². The number of ether oxygens (including phenoxy) is 1. The molecule has 5 heteroatoms. The topological polar surface area (TPSA) is 46.5 Å². The van der Waals surface area contributed by atoms with E-state index in [9.17, 15) is 13.6 Å². The van der Waals surface area contributed by atoms with Gasteiger partial charge < -0.3 is 9.84 Å². The number of carboxylic acids is 1. The number of hydrogen-bond donors (Lipinski definition) is 1. The van der Waals surface area contributed by atoms with Crippen molar-refractivity contribution < 1.29 is 23.4 Å². The normalized spacial score (nSPS) is 10.3. The van der Waals surface area contributed by atoms with Crippen LogP contribution in [0.1, 0.15) is 22.8 Å². The van der Waals surface area contributed by atoms with E-state index in [2.05, 4.69) is 0 Å². The van der Waals surface area contributed by atoms with E-state index in [-0.39, 0.29) is 0 Å². The first-order valence-corrected chi connectivity index (χ1v) is 6.00. The number of carbonyl (C=O) groups is 1. The highest BCUT2D eigenvalue weighted by atomic mass is 19.1. The second-order valence-corrected chi connectivity index (χ2v) is 4.18. The first-order chi connectivity index (χ1) is 9.51. The average molecular weight is 278 g/mol. The standard InChI is InChI=1S/C15H12F2O3/c1-2-9-4-3-5-11(6-9)20-14-12(16)7-10(15(18)19)8-13(14)17/h3-8H,2H2,1H3,(H,18,19). The van der Waals surface area contributed by atoms with Gasteiger partial charge >= 0.3 is 5.97 Å². The lowest BCUT2D eigenvalue weighted by atomic mass is 10.1. The quantitative estimate of drug-likeness (QED) is 0.918. The molecule has 0 saturated heterocycles. The molecule has 0 aliphatic rings. The summed E-state index contributed by atoms with van der Waals surface area (Å²) in [7, 11) is 0. The zero-order valence-electron chi connectivity index (χ0n) is 10.7. The van der Waals surface area contributed by atoms with Gasteiger partial charge in [0.1, 0.15) is 5.75 Å². The second-order valence-electron chi connectivity index (χ2n) is 4.18. The Morgan fingerprint density at radius 1 is 1.20 bits per heavy atom. The number of aryl methyl sites for hydroxylation is 1. The van der Waals surface area contributed by atoms with E-state index < -0.39 is 28.9 Å². The summed E-state index contributed by atoms with van der Waals surface area (Å²) in [6.45, 7) is 1.95. The number of benzene rings is 2. The van der Waals surface area contributed by atoms with Crippen LogP contribution in [0.4, 0.5) is 8.78 Å². The molecule has 20 heavy (non-hydrogen) atoms. The molecule has 0 unspecified atom stereocenters. The predicted molar refractivity (Wildman–Crippen MR) is 69.2 cm³/mol. The summed E-state index contributed by atoms with van der Waals surface area (Å²) in [5, 5.41) is 8.71. The summed E-state index contributed by atoms with van der Waals surface area (Å²) in [6, 6.07) is 8.28. The molecule has 0 bridgehead atoms.